The number of hydrogen-bond acceptors (Lipinski definition) is 5. The first-order valence-corrected chi connectivity index (χ1v) is 9.71. The van der Waals surface area contributed by atoms with Gasteiger partial charge in [-0.1, -0.05) is 60.2 Å². The summed E-state index contributed by atoms with van der Waals surface area (Å²) in [5, 5.41) is 0. The molecule has 0 amide bonds. The molecule has 3 aromatic carbocycles. The van der Waals surface area contributed by atoms with Crippen LogP contribution >= 0.6 is 0 Å². The summed E-state index contributed by atoms with van der Waals surface area (Å²) < 4.78 is 16.4. The lowest BCUT2D eigenvalue weighted by atomic mass is 10.1. The number of carbonyl (C=O) groups excluding carboxylic acids is 2. The third kappa shape index (κ3) is 6.21. The van der Waals surface area contributed by atoms with Crippen molar-refractivity contribution in [3.63, 3.8) is 0 Å². The molecule has 0 saturated heterocycles. The molecule has 0 N–H and O–H groups in total. The average Bonchev–Trinajstić information content (AvgIpc) is 2.77. The average molecular weight is 404 g/mol. The first-order chi connectivity index (χ1) is 14.5. The minimum absolute atomic E-state index is 0.247. The summed E-state index contributed by atoms with van der Waals surface area (Å²) in [7, 11) is 0. The molecule has 0 heterocycles. The molecular formula is C25H24O5. The van der Waals surface area contributed by atoms with Crippen LogP contribution in [-0.4, -0.2) is 24.5 Å². The van der Waals surface area contributed by atoms with Crippen LogP contribution in [0.2, 0.25) is 0 Å². The van der Waals surface area contributed by atoms with Gasteiger partial charge >= 0.3 is 5.97 Å². The molecule has 0 fully saturated rings. The first kappa shape index (κ1) is 21.1. The van der Waals surface area contributed by atoms with Crippen molar-refractivity contribution >= 4 is 11.8 Å². The van der Waals surface area contributed by atoms with Crippen molar-refractivity contribution < 1.29 is 23.8 Å². The molecule has 0 aliphatic rings. The van der Waals surface area contributed by atoms with E-state index in [0.29, 0.717) is 23.7 Å². The van der Waals surface area contributed by atoms with E-state index in [2.05, 4.69) is 0 Å². The van der Waals surface area contributed by atoms with Crippen molar-refractivity contribution in [1.29, 1.82) is 0 Å². The molecule has 3 rings (SSSR count). The number of carbonyl (C=O) groups is 2. The largest absolute Gasteiger partial charge is 0.489 e. The van der Waals surface area contributed by atoms with E-state index in [1.807, 2.05) is 49.4 Å². The fourth-order valence-electron chi connectivity index (χ4n) is 2.75. The second-order valence-electron chi connectivity index (χ2n) is 6.90. The molecule has 3 aromatic rings. The second kappa shape index (κ2) is 10.3. The van der Waals surface area contributed by atoms with Crippen LogP contribution in [0.3, 0.4) is 0 Å². The molecule has 5 heteroatoms. The lowest BCUT2D eigenvalue weighted by Crippen LogP contribution is -2.27. The van der Waals surface area contributed by atoms with Gasteiger partial charge in [-0.15, -0.1) is 0 Å². The molecule has 0 aromatic heterocycles. The molecule has 154 valence electrons. The van der Waals surface area contributed by atoms with E-state index in [-0.39, 0.29) is 12.4 Å². The van der Waals surface area contributed by atoms with Gasteiger partial charge in [0.2, 0.25) is 5.78 Å². The van der Waals surface area contributed by atoms with Crippen LogP contribution in [0, 0.1) is 6.92 Å². The summed E-state index contributed by atoms with van der Waals surface area (Å²) in [4.78, 5) is 24.4. The van der Waals surface area contributed by atoms with Gasteiger partial charge in [0.25, 0.3) is 0 Å². The van der Waals surface area contributed by atoms with Gasteiger partial charge in [0.05, 0.1) is 0 Å². The summed E-state index contributed by atoms with van der Waals surface area (Å²) in [6, 6.07) is 24.0. The minimum atomic E-state index is -0.877. The van der Waals surface area contributed by atoms with Crippen LogP contribution in [0.5, 0.6) is 11.5 Å². The fraction of sp³-hybridized carbons (Fsp3) is 0.200. The molecule has 1 atom stereocenters. The Morgan fingerprint density at radius 2 is 1.40 bits per heavy atom. The number of rotatable bonds is 9. The van der Waals surface area contributed by atoms with Crippen molar-refractivity contribution in [3.05, 3.63) is 95.6 Å². The normalized spacial score (nSPS) is 11.4. The predicted octanol–water partition coefficient (Wildman–Crippen LogP) is 4.77. The Morgan fingerprint density at radius 1 is 0.800 bits per heavy atom. The van der Waals surface area contributed by atoms with Gasteiger partial charge in [0.15, 0.2) is 12.7 Å². The fourth-order valence-corrected chi connectivity index (χ4v) is 2.75. The van der Waals surface area contributed by atoms with E-state index in [1.165, 1.54) is 0 Å². The van der Waals surface area contributed by atoms with Gasteiger partial charge in [-0.3, -0.25) is 4.79 Å². The molecule has 0 aliphatic carbocycles. The third-order valence-electron chi connectivity index (χ3n) is 4.44. The van der Waals surface area contributed by atoms with Gasteiger partial charge in [0, 0.05) is 5.56 Å². The summed E-state index contributed by atoms with van der Waals surface area (Å²) in [5.41, 5.74) is 2.64. The molecular weight excluding hydrogens is 380 g/mol. The number of hydrogen-bond donors (Lipinski definition) is 0. The highest BCUT2D eigenvalue weighted by Gasteiger charge is 2.19. The maximum atomic E-state index is 12.3. The van der Waals surface area contributed by atoms with Crippen molar-refractivity contribution in [3.8, 4) is 11.5 Å². The SMILES string of the molecule is Cc1ccc(C(=O)[C@@H](C)OC(=O)COc2ccc(OCc3ccccc3)cc2)cc1. The van der Waals surface area contributed by atoms with E-state index in [9.17, 15) is 9.59 Å². The second-order valence-corrected chi connectivity index (χ2v) is 6.90. The van der Waals surface area contributed by atoms with Crippen LogP contribution in [0.25, 0.3) is 0 Å². The van der Waals surface area contributed by atoms with E-state index >= 15 is 0 Å². The highest BCUT2D eigenvalue weighted by atomic mass is 16.6. The van der Waals surface area contributed by atoms with Crippen molar-refractivity contribution in [2.24, 2.45) is 0 Å². The number of ether oxygens (including phenoxy) is 3. The molecule has 30 heavy (non-hydrogen) atoms. The quantitative estimate of drug-likeness (QED) is 0.380. The number of benzene rings is 3. The Kier molecular flexibility index (Phi) is 7.22. The van der Waals surface area contributed by atoms with Crippen LogP contribution in [0.1, 0.15) is 28.4 Å². The van der Waals surface area contributed by atoms with E-state index < -0.39 is 12.1 Å². The van der Waals surface area contributed by atoms with Gasteiger partial charge in [-0.25, -0.2) is 4.79 Å². The highest BCUT2D eigenvalue weighted by Crippen LogP contribution is 2.19. The van der Waals surface area contributed by atoms with E-state index in [4.69, 9.17) is 14.2 Å². The third-order valence-corrected chi connectivity index (χ3v) is 4.44. The molecule has 0 radical (unpaired) electrons. The summed E-state index contributed by atoms with van der Waals surface area (Å²) >= 11 is 0. The summed E-state index contributed by atoms with van der Waals surface area (Å²) in [6.45, 7) is 3.69. The lowest BCUT2D eigenvalue weighted by Gasteiger charge is -2.13. The Bertz CT molecular complexity index is 963. The highest BCUT2D eigenvalue weighted by molar-refractivity contribution is 6.00. The van der Waals surface area contributed by atoms with Crippen LogP contribution in [0.4, 0.5) is 0 Å². The van der Waals surface area contributed by atoms with E-state index in [1.54, 1.807) is 43.3 Å². The number of aryl methyl sites for hydroxylation is 1. The molecule has 0 saturated carbocycles. The molecule has 5 nitrogen and oxygen atoms in total. The van der Waals surface area contributed by atoms with Crippen molar-refractivity contribution in [2.75, 3.05) is 6.61 Å². The molecule has 0 bridgehead atoms. The zero-order valence-corrected chi connectivity index (χ0v) is 17.0. The van der Waals surface area contributed by atoms with Gasteiger partial charge in [-0.2, -0.15) is 0 Å². The minimum Gasteiger partial charge on any atom is -0.489 e. The molecule has 0 unspecified atom stereocenters. The zero-order valence-electron chi connectivity index (χ0n) is 17.0. The topological polar surface area (TPSA) is 61.8 Å². The monoisotopic (exact) mass is 404 g/mol. The Morgan fingerprint density at radius 3 is 2.03 bits per heavy atom. The maximum Gasteiger partial charge on any atom is 0.344 e. The summed E-state index contributed by atoms with van der Waals surface area (Å²) in [6.07, 6.45) is -0.877. The first-order valence-electron chi connectivity index (χ1n) is 9.71. The Labute approximate surface area is 176 Å². The maximum absolute atomic E-state index is 12.3. The van der Waals surface area contributed by atoms with Gasteiger partial charge in [0.1, 0.15) is 18.1 Å². The van der Waals surface area contributed by atoms with Crippen LogP contribution in [-0.2, 0) is 16.1 Å². The van der Waals surface area contributed by atoms with E-state index in [0.717, 1.165) is 11.1 Å². The standard InChI is InChI=1S/C25H24O5/c1-18-8-10-21(11-9-18)25(27)19(2)30-24(26)17-29-23-14-12-22(13-15-23)28-16-20-6-4-3-5-7-20/h3-15,19H,16-17H2,1-2H3/t19-/m1/s1. The zero-order chi connectivity index (χ0) is 21.3. The Hall–Kier alpha value is -3.60. The van der Waals surface area contributed by atoms with Crippen LogP contribution < -0.4 is 9.47 Å². The number of Topliss-reactive ketones (excluding diaryl/α,β-unsaturated/α-hetero) is 1. The molecule has 0 aliphatic heterocycles. The predicted molar refractivity (Wildman–Crippen MR) is 114 cm³/mol. The Balaban J connectivity index is 1.43. The van der Waals surface area contributed by atoms with Gasteiger partial charge < -0.3 is 14.2 Å². The summed E-state index contributed by atoms with van der Waals surface area (Å²) in [5.74, 6) is 0.359. The van der Waals surface area contributed by atoms with Gasteiger partial charge in [-0.05, 0) is 43.7 Å². The van der Waals surface area contributed by atoms with Crippen LogP contribution in [0.15, 0.2) is 78.9 Å². The van der Waals surface area contributed by atoms with Crippen molar-refractivity contribution in [2.45, 2.75) is 26.6 Å². The number of ketones is 1. The smallest absolute Gasteiger partial charge is 0.344 e. The van der Waals surface area contributed by atoms with Crippen molar-refractivity contribution in [1.82, 2.24) is 0 Å². The number of esters is 1. The lowest BCUT2D eigenvalue weighted by molar-refractivity contribution is -0.148. The molecule has 0 spiro atoms.